The van der Waals surface area contributed by atoms with Crippen molar-refractivity contribution in [2.75, 3.05) is 30.6 Å². The van der Waals surface area contributed by atoms with E-state index in [2.05, 4.69) is 9.97 Å². The number of carbonyl (C=O) groups excluding carboxylic acids is 2. The number of hydrogen-bond acceptors (Lipinski definition) is 9. The molecule has 0 saturated heterocycles. The Morgan fingerprint density at radius 2 is 1.75 bits per heavy atom. The number of anilines is 1. The molecule has 11 heteroatoms. The quantitative estimate of drug-likeness (QED) is 0.193. The van der Waals surface area contributed by atoms with E-state index < -0.39 is 21.5 Å². The van der Waals surface area contributed by atoms with Crippen LogP contribution in [0.4, 0.5) is 10.6 Å². The van der Waals surface area contributed by atoms with E-state index in [9.17, 15) is 18.0 Å². The zero-order chi connectivity index (χ0) is 32.2. The molecule has 3 aromatic rings. The fourth-order valence-electron chi connectivity index (χ4n) is 5.13. The van der Waals surface area contributed by atoms with E-state index >= 15 is 0 Å². The molecule has 44 heavy (non-hydrogen) atoms. The van der Waals surface area contributed by atoms with Crippen LogP contribution in [-0.4, -0.2) is 61.8 Å². The zero-order valence-electron chi connectivity index (χ0n) is 26.4. The third-order valence-corrected chi connectivity index (χ3v) is 8.24. The zero-order valence-corrected chi connectivity index (χ0v) is 27.2. The number of sulfone groups is 1. The van der Waals surface area contributed by atoms with E-state index in [-0.39, 0.29) is 30.1 Å². The third-order valence-electron chi connectivity index (χ3n) is 7.21. The van der Waals surface area contributed by atoms with Gasteiger partial charge in [-0.25, -0.2) is 18.2 Å². The third kappa shape index (κ3) is 8.78. The molecule has 236 valence electrons. The highest BCUT2D eigenvalue weighted by molar-refractivity contribution is 7.90. The van der Waals surface area contributed by atoms with Gasteiger partial charge in [-0.2, -0.15) is 0 Å². The van der Waals surface area contributed by atoms with Crippen molar-refractivity contribution in [1.29, 1.82) is 0 Å². The molecular formula is C33H41N3O7S. The van der Waals surface area contributed by atoms with Crippen LogP contribution in [-0.2, 0) is 30.7 Å². The minimum Gasteiger partial charge on any atom is -0.494 e. The van der Waals surface area contributed by atoms with Crippen LogP contribution >= 0.6 is 0 Å². The fourth-order valence-corrected chi connectivity index (χ4v) is 5.78. The fraction of sp³-hybridized carbons (Fsp3) is 0.455. The molecule has 1 amide bonds. The summed E-state index contributed by atoms with van der Waals surface area (Å²) < 4.78 is 39.2. The Labute approximate surface area is 259 Å². The highest BCUT2D eigenvalue weighted by atomic mass is 32.2. The lowest BCUT2D eigenvalue weighted by atomic mass is 9.94. The molecule has 0 unspecified atom stereocenters. The number of rotatable bonds is 11. The van der Waals surface area contributed by atoms with Gasteiger partial charge in [0.1, 0.15) is 21.2 Å². The molecular weight excluding hydrogens is 582 g/mol. The van der Waals surface area contributed by atoms with Crippen LogP contribution in [0.3, 0.4) is 0 Å². The largest absolute Gasteiger partial charge is 0.494 e. The lowest BCUT2D eigenvalue weighted by molar-refractivity contribution is -0.142. The van der Waals surface area contributed by atoms with Crippen molar-refractivity contribution < 1.29 is 32.2 Å². The molecule has 0 aliphatic heterocycles. The minimum atomic E-state index is -3.03. The number of carbonyl (C=O) groups is 2. The Hall–Kier alpha value is -3.99. The number of hydrogen-bond donors (Lipinski definition) is 0. The maximum absolute atomic E-state index is 13.4. The van der Waals surface area contributed by atoms with Crippen LogP contribution < -0.4 is 9.64 Å². The van der Waals surface area contributed by atoms with Crippen LogP contribution in [0.15, 0.2) is 48.8 Å². The van der Waals surface area contributed by atoms with Gasteiger partial charge < -0.3 is 14.2 Å². The highest BCUT2D eigenvalue weighted by Crippen LogP contribution is 2.47. The summed E-state index contributed by atoms with van der Waals surface area (Å²) in [6.45, 7) is 9.96. The van der Waals surface area contributed by atoms with Gasteiger partial charge in [-0.15, -0.1) is 0 Å². The van der Waals surface area contributed by atoms with Crippen molar-refractivity contribution in [2.45, 2.75) is 65.5 Å². The Bertz CT molecular complexity index is 1590. The summed E-state index contributed by atoms with van der Waals surface area (Å²) in [5, 5.41) is 0. The van der Waals surface area contributed by atoms with E-state index in [1.165, 1.54) is 18.3 Å². The van der Waals surface area contributed by atoms with Crippen LogP contribution in [0, 0.1) is 19.8 Å². The van der Waals surface area contributed by atoms with E-state index in [1.807, 2.05) is 71.0 Å². The molecule has 0 radical (unpaired) electrons. The summed E-state index contributed by atoms with van der Waals surface area (Å²) in [4.78, 5) is 35.7. The van der Waals surface area contributed by atoms with E-state index in [1.54, 1.807) is 12.4 Å². The van der Waals surface area contributed by atoms with Crippen molar-refractivity contribution in [1.82, 2.24) is 9.97 Å². The lowest BCUT2D eigenvalue weighted by Crippen LogP contribution is -2.37. The summed E-state index contributed by atoms with van der Waals surface area (Å²) in [5.41, 5.74) is 4.89. The normalized spacial score (nSPS) is 16.2. The highest BCUT2D eigenvalue weighted by Gasteiger charge is 2.46. The Morgan fingerprint density at radius 1 is 1.05 bits per heavy atom. The first-order valence-corrected chi connectivity index (χ1v) is 16.6. The van der Waals surface area contributed by atoms with E-state index in [4.69, 9.17) is 14.2 Å². The SMILES string of the molecule is COC(=O)[C@H]1C[C@@H]1c1cnc(N(Cc2cccc(-c3c(C)cc(OCCCS(C)(=O)=O)cc3C)c2)C(=O)OC(C)(C)C)cn1. The summed E-state index contributed by atoms with van der Waals surface area (Å²) >= 11 is 0. The average Bonchev–Trinajstić information content (AvgIpc) is 3.73. The number of ether oxygens (including phenoxy) is 3. The molecule has 0 bridgehead atoms. The molecule has 2 aromatic carbocycles. The predicted octanol–water partition coefficient (Wildman–Crippen LogP) is 5.79. The second kappa shape index (κ2) is 13.3. The monoisotopic (exact) mass is 623 g/mol. The Balaban J connectivity index is 1.55. The van der Waals surface area contributed by atoms with Crippen molar-refractivity contribution in [3.63, 3.8) is 0 Å². The molecule has 1 fully saturated rings. The summed E-state index contributed by atoms with van der Waals surface area (Å²) in [6.07, 6.45) is 4.91. The maximum atomic E-state index is 13.4. The average molecular weight is 624 g/mol. The maximum Gasteiger partial charge on any atom is 0.416 e. The topological polar surface area (TPSA) is 125 Å². The van der Waals surface area contributed by atoms with Gasteiger partial charge in [0.25, 0.3) is 0 Å². The smallest absolute Gasteiger partial charge is 0.416 e. The Morgan fingerprint density at radius 3 is 2.34 bits per heavy atom. The number of methoxy groups -OCH3 is 1. The molecule has 1 aliphatic carbocycles. The predicted molar refractivity (Wildman–Crippen MR) is 168 cm³/mol. The van der Waals surface area contributed by atoms with Crippen LogP contribution in [0.1, 0.15) is 61.9 Å². The number of aryl methyl sites for hydroxylation is 2. The number of nitrogens with zero attached hydrogens (tertiary/aromatic N) is 3. The molecule has 0 spiro atoms. The molecule has 1 aliphatic rings. The van der Waals surface area contributed by atoms with Gasteiger partial charge in [-0.05, 0) is 93.5 Å². The lowest BCUT2D eigenvalue weighted by Gasteiger charge is -2.27. The van der Waals surface area contributed by atoms with Crippen molar-refractivity contribution in [2.24, 2.45) is 5.92 Å². The van der Waals surface area contributed by atoms with Crippen molar-refractivity contribution >= 4 is 27.7 Å². The molecule has 4 rings (SSSR count). The first-order valence-electron chi connectivity index (χ1n) is 14.6. The number of esters is 1. The molecule has 1 heterocycles. The molecule has 1 aromatic heterocycles. The number of benzene rings is 2. The summed E-state index contributed by atoms with van der Waals surface area (Å²) in [5.74, 6) is 0.614. The van der Waals surface area contributed by atoms with Gasteiger partial charge >= 0.3 is 12.1 Å². The van der Waals surface area contributed by atoms with Gasteiger partial charge in [0.2, 0.25) is 0 Å². The van der Waals surface area contributed by atoms with Crippen LogP contribution in [0.2, 0.25) is 0 Å². The minimum absolute atomic E-state index is 0.0357. The first-order chi connectivity index (χ1) is 20.6. The summed E-state index contributed by atoms with van der Waals surface area (Å²) in [6, 6.07) is 11.8. The molecule has 1 saturated carbocycles. The molecule has 2 atom stereocenters. The summed E-state index contributed by atoms with van der Waals surface area (Å²) in [7, 11) is -1.65. The molecule has 0 N–H and O–H groups in total. The van der Waals surface area contributed by atoms with E-state index in [0.29, 0.717) is 36.7 Å². The number of aromatic nitrogens is 2. The second-order valence-electron chi connectivity index (χ2n) is 12.3. The second-order valence-corrected chi connectivity index (χ2v) is 14.6. The van der Waals surface area contributed by atoms with Gasteiger partial charge in [-0.1, -0.05) is 18.2 Å². The standard InChI is InChI=1S/C33H41N3O7S/c1-21-14-25(42-12-9-13-44(7,39)40)15-22(2)30(21)24-11-8-10-23(16-24)20-36(32(38)43-33(3,4)5)29-19-34-28(18-35-29)26-17-27(26)31(37)41-6/h8,10-11,14-16,18-19,26-27H,9,12-13,17,20H2,1-7H3/t26-,27-/m0/s1. The van der Waals surface area contributed by atoms with Gasteiger partial charge in [0, 0.05) is 12.2 Å². The molecule has 10 nitrogen and oxygen atoms in total. The number of amides is 1. The van der Waals surface area contributed by atoms with Crippen LogP contribution in [0.5, 0.6) is 5.75 Å². The van der Waals surface area contributed by atoms with Gasteiger partial charge in [-0.3, -0.25) is 14.7 Å². The van der Waals surface area contributed by atoms with E-state index in [0.717, 1.165) is 27.8 Å². The van der Waals surface area contributed by atoms with Gasteiger partial charge in [0.05, 0.1) is 50.0 Å². The van der Waals surface area contributed by atoms with Gasteiger partial charge in [0.15, 0.2) is 5.82 Å². The Kier molecular flexibility index (Phi) is 9.98. The first kappa shape index (κ1) is 32.9. The van der Waals surface area contributed by atoms with Crippen molar-refractivity contribution in [3.05, 3.63) is 71.2 Å². The van der Waals surface area contributed by atoms with Crippen LogP contribution in [0.25, 0.3) is 11.1 Å². The van der Waals surface area contributed by atoms with Crippen molar-refractivity contribution in [3.8, 4) is 16.9 Å².